The minimum absolute atomic E-state index is 0.100. The van der Waals surface area contributed by atoms with Crippen molar-refractivity contribution in [2.75, 3.05) is 0 Å². The van der Waals surface area contributed by atoms with Crippen molar-refractivity contribution >= 4 is 17.7 Å². The Labute approximate surface area is 137 Å². The molecule has 0 aromatic carbocycles. The summed E-state index contributed by atoms with van der Waals surface area (Å²) < 4.78 is 0. The number of hydrogen-bond donors (Lipinski definition) is 1. The molecule has 1 aromatic rings. The second-order valence-corrected chi connectivity index (χ2v) is 7.75. The molecule has 1 N–H and O–H groups in total. The van der Waals surface area contributed by atoms with Gasteiger partial charge in [-0.05, 0) is 52.0 Å². The lowest BCUT2D eigenvalue weighted by atomic mass is 9.86. The van der Waals surface area contributed by atoms with E-state index in [0.29, 0.717) is 17.1 Å². The third-order valence-electron chi connectivity index (χ3n) is 4.70. The van der Waals surface area contributed by atoms with Gasteiger partial charge in [0.25, 0.3) is 0 Å². The smallest absolute Gasteiger partial charge is 0.233 e. The van der Waals surface area contributed by atoms with Crippen LogP contribution in [0.4, 0.5) is 0 Å². The Morgan fingerprint density at radius 3 is 2.36 bits per heavy atom. The van der Waals surface area contributed by atoms with Gasteiger partial charge in [0.2, 0.25) is 5.91 Å². The van der Waals surface area contributed by atoms with Crippen LogP contribution in [0.3, 0.4) is 0 Å². The van der Waals surface area contributed by atoms with E-state index in [0.717, 1.165) is 23.4 Å². The Bertz CT molecular complexity index is 524. The fourth-order valence-electron chi connectivity index (χ4n) is 2.84. The summed E-state index contributed by atoms with van der Waals surface area (Å²) >= 11 is 1.44. The quantitative estimate of drug-likeness (QED) is 0.680. The summed E-state index contributed by atoms with van der Waals surface area (Å²) in [7, 11) is 0. The van der Waals surface area contributed by atoms with Gasteiger partial charge >= 0.3 is 0 Å². The number of nitrogens with zero attached hydrogens (tertiary/aromatic N) is 2. The van der Waals surface area contributed by atoms with Crippen molar-refractivity contribution in [3.8, 4) is 0 Å². The second kappa shape index (κ2) is 7.44. The monoisotopic (exact) mass is 321 g/mol. The molecule has 4 nitrogen and oxygen atoms in total. The number of carbonyl (C=O) groups is 1. The molecule has 0 saturated heterocycles. The number of nitrogens with one attached hydrogen (secondary N) is 1. The molecule has 5 heteroatoms. The van der Waals surface area contributed by atoms with Crippen LogP contribution in [0.1, 0.15) is 56.5 Å². The van der Waals surface area contributed by atoms with Gasteiger partial charge in [-0.15, -0.1) is 0 Å². The lowest BCUT2D eigenvalue weighted by Gasteiger charge is -2.30. The van der Waals surface area contributed by atoms with Crippen LogP contribution in [-0.2, 0) is 4.79 Å². The average Bonchev–Trinajstić information content (AvgIpc) is 2.47. The normalized spacial score (nSPS) is 23.1. The molecule has 0 spiro atoms. The second-order valence-electron chi connectivity index (χ2n) is 6.44. The van der Waals surface area contributed by atoms with Gasteiger partial charge < -0.3 is 5.32 Å². The van der Waals surface area contributed by atoms with Crippen LogP contribution in [0.2, 0.25) is 0 Å². The molecular formula is C17H27N3OS. The Morgan fingerprint density at radius 1 is 1.18 bits per heavy atom. The van der Waals surface area contributed by atoms with Crippen LogP contribution in [0.25, 0.3) is 0 Å². The molecule has 1 amide bonds. The summed E-state index contributed by atoms with van der Waals surface area (Å²) in [4.78, 5) is 21.4. The predicted molar refractivity (Wildman–Crippen MR) is 91.1 cm³/mol. The molecule has 1 aromatic heterocycles. The number of thioether (sulfide) groups is 1. The van der Waals surface area contributed by atoms with E-state index < -0.39 is 0 Å². The van der Waals surface area contributed by atoms with Gasteiger partial charge in [0, 0.05) is 17.4 Å². The van der Waals surface area contributed by atoms with E-state index in [9.17, 15) is 4.79 Å². The summed E-state index contributed by atoms with van der Waals surface area (Å²) in [5.41, 5.74) is 3.10. The van der Waals surface area contributed by atoms with Crippen LogP contribution in [0.15, 0.2) is 5.16 Å². The van der Waals surface area contributed by atoms with Crippen LogP contribution >= 0.6 is 11.8 Å². The third kappa shape index (κ3) is 4.22. The Morgan fingerprint density at radius 2 is 1.77 bits per heavy atom. The number of carbonyl (C=O) groups excluding carboxylic acids is 1. The summed E-state index contributed by atoms with van der Waals surface area (Å²) in [6.45, 7) is 10.2. The maximum absolute atomic E-state index is 12.4. The molecule has 0 bridgehead atoms. The van der Waals surface area contributed by atoms with Crippen LogP contribution in [0, 0.1) is 26.7 Å². The highest BCUT2D eigenvalue weighted by Crippen LogP contribution is 2.26. The predicted octanol–water partition coefficient (Wildman–Crippen LogP) is 3.58. The summed E-state index contributed by atoms with van der Waals surface area (Å²) in [6, 6.07) is 0.326. The first kappa shape index (κ1) is 17.3. The lowest BCUT2D eigenvalue weighted by Crippen LogP contribution is -2.44. The topological polar surface area (TPSA) is 54.9 Å². The molecule has 3 atom stereocenters. The van der Waals surface area contributed by atoms with Gasteiger partial charge in [0.15, 0.2) is 5.16 Å². The van der Waals surface area contributed by atoms with Crippen molar-refractivity contribution in [1.82, 2.24) is 15.3 Å². The molecule has 0 aliphatic heterocycles. The first-order valence-electron chi connectivity index (χ1n) is 8.17. The fraction of sp³-hybridized carbons (Fsp3) is 0.706. The van der Waals surface area contributed by atoms with Crippen LogP contribution < -0.4 is 5.32 Å². The van der Waals surface area contributed by atoms with E-state index >= 15 is 0 Å². The van der Waals surface area contributed by atoms with E-state index in [4.69, 9.17) is 0 Å². The van der Waals surface area contributed by atoms with E-state index in [1.807, 2.05) is 27.7 Å². The SMILES string of the molecule is Cc1nc(S[C@@H](C)C(=O)N[C@@H]2CCCC[C@@H]2C)nc(C)c1C. The van der Waals surface area contributed by atoms with Crippen LogP contribution in [-0.4, -0.2) is 27.2 Å². The van der Waals surface area contributed by atoms with E-state index in [2.05, 4.69) is 22.2 Å². The van der Waals surface area contributed by atoms with Crippen molar-refractivity contribution in [3.63, 3.8) is 0 Å². The van der Waals surface area contributed by atoms with Crippen molar-refractivity contribution in [3.05, 3.63) is 17.0 Å². The number of amides is 1. The van der Waals surface area contributed by atoms with Crippen molar-refractivity contribution < 1.29 is 4.79 Å². The number of aromatic nitrogens is 2. The number of aryl methyl sites for hydroxylation is 2. The van der Waals surface area contributed by atoms with Gasteiger partial charge in [0.05, 0.1) is 5.25 Å². The highest BCUT2D eigenvalue weighted by molar-refractivity contribution is 8.00. The van der Waals surface area contributed by atoms with Crippen molar-refractivity contribution in [2.24, 2.45) is 5.92 Å². The standard InChI is InChI=1S/C17H27N3OS/c1-10-8-6-7-9-15(10)20-16(21)14(5)22-17-18-12(3)11(2)13(4)19-17/h10,14-15H,6-9H2,1-5H3,(H,20,21)/t10-,14-,15+/m0/s1. The molecule has 0 unspecified atom stereocenters. The van der Waals surface area contributed by atoms with Crippen LogP contribution in [0.5, 0.6) is 0 Å². The van der Waals surface area contributed by atoms with Gasteiger partial charge in [-0.3, -0.25) is 4.79 Å². The zero-order valence-corrected chi connectivity index (χ0v) is 15.1. The maximum Gasteiger partial charge on any atom is 0.233 e. The molecule has 22 heavy (non-hydrogen) atoms. The summed E-state index contributed by atoms with van der Waals surface area (Å²) in [5, 5.41) is 3.74. The van der Waals surface area contributed by atoms with E-state index in [1.54, 1.807) is 0 Å². The minimum atomic E-state index is -0.171. The van der Waals surface area contributed by atoms with E-state index in [-0.39, 0.29) is 11.2 Å². The van der Waals surface area contributed by atoms with Gasteiger partial charge in [0.1, 0.15) is 0 Å². The zero-order chi connectivity index (χ0) is 16.3. The first-order valence-corrected chi connectivity index (χ1v) is 9.05. The lowest BCUT2D eigenvalue weighted by molar-refractivity contribution is -0.121. The van der Waals surface area contributed by atoms with Gasteiger partial charge in [-0.25, -0.2) is 9.97 Å². The van der Waals surface area contributed by atoms with Crippen molar-refractivity contribution in [1.29, 1.82) is 0 Å². The zero-order valence-electron chi connectivity index (χ0n) is 14.3. The maximum atomic E-state index is 12.4. The molecule has 1 aliphatic rings. The molecule has 2 rings (SSSR count). The fourth-order valence-corrected chi connectivity index (χ4v) is 3.71. The molecule has 1 saturated carbocycles. The molecule has 122 valence electrons. The largest absolute Gasteiger partial charge is 0.352 e. The summed E-state index contributed by atoms with van der Waals surface area (Å²) in [6.07, 6.45) is 4.82. The average molecular weight is 321 g/mol. The first-order chi connectivity index (χ1) is 10.4. The van der Waals surface area contributed by atoms with E-state index in [1.165, 1.54) is 31.0 Å². The minimum Gasteiger partial charge on any atom is -0.352 e. The van der Waals surface area contributed by atoms with Crippen molar-refractivity contribution in [2.45, 2.75) is 76.8 Å². The summed E-state index contributed by atoms with van der Waals surface area (Å²) in [5.74, 6) is 0.679. The Kier molecular flexibility index (Phi) is 5.84. The van der Waals surface area contributed by atoms with Gasteiger partial charge in [-0.1, -0.05) is 31.5 Å². The molecule has 1 fully saturated rings. The third-order valence-corrected chi connectivity index (χ3v) is 5.66. The Balaban J connectivity index is 1.96. The molecule has 1 aliphatic carbocycles. The Hall–Kier alpha value is -1.10. The highest BCUT2D eigenvalue weighted by atomic mass is 32.2. The number of rotatable bonds is 4. The molecular weight excluding hydrogens is 294 g/mol. The highest BCUT2D eigenvalue weighted by Gasteiger charge is 2.25. The number of hydrogen-bond acceptors (Lipinski definition) is 4. The molecule has 1 heterocycles. The van der Waals surface area contributed by atoms with Gasteiger partial charge in [-0.2, -0.15) is 0 Å². The molecule has 0 radical (unpaired) electrons.